The predicted molar refractivity (Wildman–Crippen MR) is 88.5 cm³/mol. The zero-order valence-electron chi connectivity index (χ0n) is 14.4. The normalized spacial score (nSPS) is 14.3. The number of aromatic hydroxyl groups is 1. The Bertz CT molecular complexity index is 438. The largest absolute Gasteiger partial charge is 0.508 e. The van der Waals surface area contributed by atoms with Crippen molar-refractivity contribution in [2.45, 2.75) is 78.6 Å². The molecule has 0 aliphatic heterocycles. The zero-order valence-corrected chi connectivity index (χ0v) is 14.4. The van der Waals surface area contributed by atoms with Crippen LogP contribution in [0.15, 0.2) is 18.2 Å². The molecule has 1 nitrogen and oxygen atoms in total. The summed E-state index contributed by atoms with van der Waals surface area (Å²) in [6, 6.07) is 6.15. The molecule has 0 spiro atoms. The van der Waals surface area contributed by atoms with E-state index in [-0.39, 0.29) is 10.8 Å². The standard InChI is InChI=1S/C19H32O/c1-8-9-14(2)13-19(6,7)15-10-11-17(20)16(12-15)18(3,4)5/h10-12,14,20H,8-9,13H2,1-7H3. The van der Waals surface area contributed by atoms with E-state index in [4.69, 9.17) is 0 Å². The first-order chi connectivity index (χ1) is 9.08. The molecule has 0 bridgehead atoms. The van der Waals surface area contributed by atoms with Crippen molar-refractivity contribution >= 4 is 0 Å². The Hall–Kier alpha value is -0.980. The second kappa shape index (κ2) is 6.20. The molecule has 0 fully saturated rings. The molecule has 0 aromatic heterocycles. The van der Waals surface area contributed by atoms with Crippen molar-refractivity contribution in [3.8, 4) is 5.75 Å². The molecule has 0 saturated carbocycles. The Kier molecular flexibility index (Phi) is 5.29. The molecule has 1 aromatic rings. The Balaban J connectivity index is 3.07. The quantitative estimate of drug-likeness (QED) is 0.721. The van der Waals surface area contributed by atoms with E-state index in [0.29, 0.717) is 5.75 Å². The lowest BCUT2D eigenvalue weighted by molar-refractivity contribution is 0.360. The molecule has 0 radical (unpaired) electrons. The number of phenolic OH excluding ortho intramolecular Hbond substituents is 1. The molecule has 20 heavy (non-hydrogen) atoms. The van der Waals surface area contributed by atoms with Gasteiger partial charge in [-0.15, -0.1) is 0 Å². The average Bonchev–Trinajstić information content (AvgIpc) is 2.27. The third-order valence-corrected chi connectivity index (χ3v) is 4.23. The van der Waals surface area contributed by atoms with Gasteiger partial charge in [0.25, 0.3) is 0 Å². The lowest BCUT2D eigenvalue weighted by atomic mass is 9.74. The fourth-order valence-corrected chi connectivity index (χ4v) is 3.14. The molecule has 1 atom stereocenters. The van der Waals surface area contributed by atoms with Crippen molar-refractivity contribution in [1.29, 1.82) is 0 Å². The highest BCUT2D eigenvalue weighted by molar-refractivity contribution is 5.42. The predicted octanol–water partition coefficient (Wildman–Crippen LogP) is 5.79. The van der Waals surface area contributed by atoms with Crippen molar-refractivity contribution < 1.29 is 5.11 Å². The highest BCUT2D eigenvalue weighted by Crippen LogP contribution is 2.37. The summed E-state index contributed by atoms with van der Waals surface area (Å²) in [5.41, 5.74) is 2.52. The second-order valence-corrected chi connectivity index (χ2v) is 7.96. The van der Waals surface area contributed by atoms with Gasteiger partial charge in [-0.25, -0.2) is 0 Å². The Morgan fingerprint density at radius 3 is 2.20 bits per heavy atom. The van der Waals surface area contributed by atoms with Crippen molar-refractivity contribution in [3.05, 3.63) is 29.3 Å². The second-order valence-electron chi connectivity index (χ2n) is 7.96. The summed E-state index contributed by atoms with van der Waals surface area (Å²) in [4.78, 5) is 0. The van der Waals surface area contributed by atoms with Gasteiger partial charge in [0.1, 0.15) is 5.75 Å². The molecule has 1 N–H and O–H groups in total. The molecular formula is C19H32O. The van der Waals surface area contributed by atoms with Crippen LogP contribution in [0.25, 0.3) is 0 Å². The van der Waals surface area contributed by atoms with Crippen LogP contribution in [0.1, 0.15) is 78.9 Å². The van der Waals surface area contributed by atoms with E-state index < -0.39 is 0 Å². The minimum atomic E-state index is -0.0226. The van der Waals surface area contributed by atoms with Gasteiger partial charge in [-0.3, -0.25) is 0 Å². The van der Waals surface area contributed by atoms with Crippen molar-refractivity contribution in [3.63, 3.8) is 0 Å². The van der Waals surface area contributed by atoms with Crippen molar-refractivity contribution in [2.75, 3.05) is 0 Å². The molecule has 1 unspecified atom stereocenters. The maximum atomic E-state index is 10.1. The number of hydrogen-bond donors (Lipinski definition) is 1. The topological polar surface area (TPSA) is 20.2 Å². The first-order valence-electron chi connectivity index (χ1n) is 7.92. The Morgan fingerprint density at radius 2 is 1.70 bits per heavy atom. The van der Waals surface area contributed by atoms with Crippen LogP contribution in [0.4, 0.5) is 0 Å². The molecule has 1 heteroatoms. The van der Waals surface area contributed by atoms with E-state index in [1.165, 1.54) is 24.8 Å². The average molecular weight is 276 g/mol. The third-order valence-electron chi connectivity index (χ3n) is 4.23. The number of rotatable bonds is 5. The number of phenols is 1. The monoisotopic (exact) mass is 276 g/mol. The zero-order chi connectivity index (χ0) is 15.6. The van der Waals surface area contributed by atoms with E-state index in [1.54, 1.807) is 0 Å². The number of benzene rings is 1. The molecule has 114 valence electrons. The maximum absolute atomic E-state index is 10.1. The molecule has 1 rings (SSSR count). The van der Waals surface area contributed by atoms with Gasteiger partial charge in [0, 0.05) is 0 Å². The molecule has 1 aromatic carbocycles. The number of hydrogen-bond acceptors (Lipinski definition) is 1. The molecule has 0 aliphatic carbocycles. The SMILES string of the molecule is CCCC(C)CC(C)(C)c1ccc(O)c(C(C)(C)C)c1. The van der Waals surface area contributed by atoms with Crippen LogP contribution in [-0.2, 0) is 10.8 Å². The lowest BCUT2D eigenvalue weighted by Gasteiger charge is -2.31. The molecular weight excluding hydrogens is 244 g/mol. The van der Waals surface area contributed by atoms with Gasteiger partial charge in [-0.2, -0.15) is 0 Å². The lowest BCUT2D eigenvalue weighted by Crippen LogP contribution is -2.22. The highest BCUT2D eigenvalue weighted by atomic mass is 16.3. The van der Waals surface area contributed by atoms with Crippen LogP contribution < -0.4 is 0 Å². The molecule has 0 aliphatic rings. The van der Waals surface area contributed by atoms with Crippen LogP contribution in [0.5, 0.6) is 5.75 Å². The van der Waals surface area contributed by atoms with Gasteiger partial charge in [-0.05, 0) is 40.4 Å². The molecule has 0 saturated heterocycles. The van der Waals surface area contributed by atoms with Crippen LogP contribution in [0, 0.1) is 5.92 Å². The Morgan fingerprint density at radius 1 is 1.10 bits per heavy atom. The van der Waals surface area contributed by atoms with Gasteiger partial charge in [0.2, 0.25) is 0 Å². The maximum Gasteiger partial charge on any atom is 0.119 e. The van der Waals surface area contributed by atoms with Crippen LogP contribution in [0.3, 0.4) is 0 Å². The summed E-state index contributed by atoms with van der Waals surface area (Å²) < 4.78 is 0. The molecule has 0 heterocycles. The van der Waals surface area contributed by atoms with E-state index in [2.05, 4.69) is 60.6 Å². The van der Waals surface area contributed by atoms with Crippen LogP contribution in [-0.4, -0.2) is 5.11 Å². The smallest absolute Gasteiger partial charge is 0.119 e. The van der Waals surface area contributed by atoms with E-state index in [9.17, 15) is 5.11 Å². The summed E-state index contributed by atoms with van der Waals surface area (Å²) in [6.07, 6.45) is 3.73. The summed E-state index contributed by atoms with van der Waals surface area (Å²) in [7, 11) is 0. The van der Waals surface area contributed by atoms with Gasteiger partial charge < -0.3 is 5.11 Å². The van der Waals surface area contributed by atoms with Crippen LogP contribution >= 0.6 is 0 Å². The fraction of sp³-hybridized carbons (Fsp3) is 0.684. The van der Waals surface area contributed by atoms with Crippen LogP contribution in [0.2, 0.25) is 0 Å². The van der Waals surface area contributed by atoms with E-state index in [1.807, 2.05) is 6.07 Å². The summed E-state index contributed by atoms with van der Waals surface area (Å²) in [5.74, 6) is 1.15. The highest BCUT2D eigenvalue weighted by Gasteiger charge is 2.26. The van der Waals surface area contributed by atoms with Crippen molar-refractivity contribution in [2.24, 2.45) is 5.92 Å². The first-order valence-corrected chi connectivity index (χ1v) is 7.92. The summed E-state index contributed by atoms with van der Waals surface area (Å²) >= 11 is 0. The van der Waals surface area contributed by atoms with Gasteiger partial charge >= 0.3 is 0 Å². The van der Waals surface area contributed by atoms with E-state index >= 15 is 0 Å². The van der Waals surface area contributed by atoms with E-state index in [0.717, 1.165) is 11.5 Å². The summed E-state index contributed by atoms with van der Waals surface area (Å²) in [6.45, 7) is 15.7. The van der Waals surface area contributed by atoms with Gasteiger partial charge in [-0.1, -0.05) is 73.4 Å². The minimum Gasteiger partial charge on any atom is -0.508 e. The third kappa shape index (κ3) is 4.26. The van der Waals surface area contributed by atoms with Gasteiger partial charge in [0.15, 0.2) is 0 Å². The minimum absolute atomic E-state index is 0.0226. The van der Waals surface area contributed by atoms with Gasteiger partial charge in [0.05, 0.1) is 0 Å². The fourth-order valence-electron chi connectivity index (χ4n) is 3.14. The summed E-state index contributed by atoms with van der Waals surface area (Å²) in [5, 5.41) is 10.1. The Labute approximate surface area is 125 Å². The molecule has 0 amide bonds. The first kappa shape index (κ1) is 17.1. The van der Waals surface area contributed by atoms with Crippen molar-refractivity contribution in [1.82, 2.24) is 0 Å².